The zero-order valence-electron chi connectivity index (χ0n) is 16.0. The van der Waals surface area contributed by atoms with E-state index in [1.807, 2.05) is 12.1 Å². The number of nitrogens with one attached hydrogen (secondary N) is 2. The van der Waals surface area contributed by atoms with Gasteiger partial charge in [0.25, 0.3) is 11.8 Å². The maximum Gasteiger partial charge on any atom is 0.325 e. The molecule has 0 bridgehead atoms. The largest absolute Gasteiger partial charge is 0.454 e. The number of amides is 2. The number of ether oxygens (including phenoxy) is 1. The van der Waals surface area contributed by atoms with E-state index in [0.717, 1.165) is 5.56 Å². The zero-order chi connectivity index (χ0) is 20.7. The summed E-state index contributed by atoms with van der Waals surface area (Å²) in [5.41, 5.74) is 1.96. The van der Waals surface area contributed by atoms with Crippen molar-refractivity contribution in [3.63, 3.8) is 0 Å². The molecule has 0 unspecified atom stereocenters. The number of benzene rings is 2. The van der Waals surface area contributed by atoms with E-state index in [1.165, 1.54) is 0 Å². The number of rotatable bonds is 6. The molecule has 0 aromatic heterocycles. The van der Waals surface area contributed by atoms with E-state index in [2.05, 4.69) is 31.4 Å². The Bertz CT molecular complexity index is 857. The Balaban J connectivity index is 1.76. The number of esters is 1. The molecule has 6 nitrogen and oxygen atoms in total. The van der Waals surface area contributed by atoms with Crippen LogP contribution >= 0.6 is 11.6 Å². The van der Waals surface area contributed by atoms with E-state index in [1.54, 1.807) is 36.4 Å². The summed E-state index contributed by atoms with van der Waals surface area (Å²) in [6.45, 7) is 5.44. The molecule has 2 amide bonds. The van der Waals surface area contributed by atoms with Crippen LogP contribution in [0.1, 0.15) is 36.7 Å². The Morgan fingerprint density at radius 1 is 1.00 bits per heavy atom. The van der Waals surface area contributed by atoms with Gasteiger partial charge in [-0.25, -0.2) is 0 Å². The number of carbonyl (C=O) groups excluding carboxylic acids is 3. The van der Waals surface area contributed by atoms with Gasteiger partial charge in [-0.1, -0.05) is 56.6 Å². The van der Waals surface area contributed by atoms with Crippen LogP contribution in [0.4, 0.5) is 5.69 Å². The maximum absolute atomic E-state index is 12.1. The lowest BCUT2D eigenvalue weighted by Gasteiger charge is -2.19. The molecule has 0 atom stereocenters. The van der Waals surface area contributed by atoms with Crippen molar-refractivity contribution in [2.24, 2.45) is 0 Å². The molecular weight excluding hydrogens is 380 g/mol. The second-order valence-corrected chi connectivity index (χ2v) is 7.61. The van der Waals surface area contributed by atoms with Gasteiger partial charge in [-0.2, -0.15) is 0 Å². The van der Waals surface area contributed by atoms with Crippen molar-refractivity contribution < 1.29 is 19.1 Å². The number of halogens is 1. The zero-order valence-corrected chi connectivity index (χ0v) is 16.8. The van der Waals surface area contributed by atoms with E-state index < -0.39 is 24.4 Å². The van der Waals surface area contributed by atoms with Crippen molar-refractivity contribution >= 4 is 35.1 Å². The Hall–Kier alpha value is -2.86. The summed E-state index contributed by atoms with van der Waals surface area (Å²) in [4.78, 5) is 35.7. The fourth-order valence-corrected chi connectivity index (χ4v) is 2.51. The first-order valence-corrected chi connectivity index (χ1v) is 9.13. The molecule has 0 aliphatic heterocycles. The first-order chi connectivity index (χ1) is 13.2. The summed E-state index contributed by atoms with van der Waals surface area (Å²) in [5.74, 6) is -1.63. The minimum absolute atomic E-state index is 0.0106. The molecule has 2 aromatic carbocycles. The van der Waals surface area contributed by atoms with Crippen LogP contribution in [0.5, 0.6) is 0 Å². The highest BCUT2D eigenvalue weighted by molar-refractivity contribution is 6.33. The minimum atomic E-state index is -0.714. The van der Waals surface area contributed by atoms with Gasteiger partial charge in [-0.3, -0.25) is 14.4 Å². The predicted octanol–water partition coefficient (Wildman–Crippen LogP) is 3.55. The third kappa shape index (κ3) is 6.39. The highest BCUT2D eigenvalue weighted by Crippen LogP contribution is 2.22. The highest BCUT2D eigenvalue weighted by Gasteiger charge is 2.15. The van der Waals surface area contributed by atoms with Gasteiger partial charge < -0.3 is 15.4 Å². The molecule has 0 spiro atoms. The van der Waals surface area contributed by atoms with Crippen LogP contribution in [0.25, 0.3) is 0 Å². The van der Waals surface area contributed by atoms with Crippen molar-refractivity contribution in [3.8, 4) is 0 Å². The number of anilines is 1. The smallest absolute Gasteiger partial charge is 0.325 e. The van der Waals surface area contributed by atoms with Gasteiger partial charge in [0.05, 0.1) is 10.7 Å². The highest BCUT2D eigenvalue weighted by atomic mass is 35.5. The Kier molecular flexibility index (Phi) is 7.18. The van der Waals surface area contributed by atoms with Gasteiger partial charge in [0.15, 0.2) is 6.61 Å². The van der Waals surface area contributed by atoms with Crippen molar-refractivity contribution in [3.05, 3.63) is 64.7 Å². The fraction of sp³-hybridized carbons (Fsp3) is 0.286. The van der Waals surface area contributed by atoms with Crippen molar-refractivity contribution in [2.45, 2.75) is 26.2 Å². The number of hydrogen-bond acceptors (Lipinski definition) is 4. The third-order valence-electron chi connectivity index (χ3n) is 3.92. The lowest BCUT2D eigenvalue weighted by Crippen LogP contribution is -2.32. The first-order valence-electron chi connectivity index (χ1n) is 8.75. The van der Waals surface area contributed by atoms with E-state index >= 15 is 0 Å². The molecule has 2 rings (SSSR count). The van der Waals surface area contributed by atoms with Gasteiger partial charge in [-0.15, -0.1) is 0 Å². The van der Waals surface area contributed by atoms with Crippen LogP contribution in [0.2, 0.25) is 5.02 Å². The molecule has 0 fully saturated rings. The second-order valence-electron chi connectivity index (χ2n) is 7.20. The van der Waals surface area contributed by atoms with Crippen LogP contribution in [-0.4, -0.2) is 30.9 Å². The molecule has 7 heteroatoms. The van der Waals surface area contributed by atoms with E-state index in [0.29, 0.717) is 16.3 Å². The number of hydrogen-bond donors (Lipinski definition) is 2. The van der Waals surface area contributed by atoms with Gasteiger partial charge in [0.1, 0.15) is 6.54 Å². The third-order valence-corrected chi connectivity index (χ3v) is 4.25. The molecule has 0 aliphatic carbocycles. The molecule has 28 heavy (non-hydrogen) atoms. The van der Waals surface area contributed by atoms with E-state index in [9.17, 15) is 14.4 Å². The van der Waals surface area contributed by atoms with Crippen molar-refractivity contribution in [1.29, 1.82) is 0 Å². The topological polar surface area (TPSA) is 84.5 Å². The van der Waals surface area contributed by atoms with Crippen LogP contribution in [0.3, 0.4) is 0 Å². The summed E-state index contributed by atoms with van der Waals surface area (Å²) < 4.78 is 4.86. The molecule has 0 saturated heterocycles. The Morgan fingerprint density at radius 3 is 2.25 bits per heavy atom. The summed E-state index contributed by atoms with van der Waals surface area (Å²) >= 11 is 5.94. The van der Waals surface area contributed by atoms with E-state index in [-0.39, 0.29) is 12.0 Å². The van der Waals surface area contributed by atoms with Gasteiger partial charge in [0.2, 0.25) is 0 Å². The van der Waals surface area contributed by atoms with Crippen molar-refractivity contribution in [2.75, 3.05) is 18.5 Å². The van der Waals surface area contributed by atoms with Gasteiger partial charge >= 0.3 is 5.97 Å². The number of carbonyl (C=O) groups is 3. The normalized spacial score (nSPS) is 10.9. The minimum Gasteiger partial charge on any atom is -0.454 e. The first kappa shape index (κ1) is 21.4. The van der Waals surface area contributed by atoms with E-state index in [4.69, 9.17) is 16.3 Å². The summed E-state index contributed by atoms with van der Waals surface area (Å²) in [5, 5.41) is 5.39. The maximum atomic E-state index is 12.1. The lowest BCUT2D eigenvalue weighted by atomic mass is 9.87. The average Bonchev–Trinajstić information content (AvgIpc) is 2.65. The van der Waals surface area contributed by atoms with Crippen molar-refractivity contribution in [1.82, 2.24) is 5.32 Å². The van der Waals surface area contributed by atoms with Crippen LogP contribution in [-0.2, 0) is 19.7 Å². The molecular formula is C21H23ClN2O4. The molecule has 0 saturated carbocycles. The van der Waals surface area contributed by atoms with Gasteiger partial charge in [0, 0.05) is 5.56 Å². The standard InChI is InChI=1S/C21H23ClN2O4/c1-21(2,3)15-10-8-14(9-11-15)20(27)23-12-19(26)28-13-18(25)24-17-7-5-4-6-16(17)22/h4-11H,12-13H2,1-3H3,(H,23,27)(H,24,25). The average molecular weight is 403 g/mol. The quantitative estimate of drug-likeness (QED) is 0.723. The molecule has 148 valence electrons. The molecule has 2 aromatic rings. The SMILES string of the molecule is CC(C)(C)c1ccc(C(=O)NCC(=O)OCC(=O)Nc2ccccc2Cl)cc1. The van der Waals surface area contributed by atoms with Crippen LogP contribution < -0.4 is 10.6 Å². The predicted molar refractivity (Wildman–Crippen MR) is 109 cm³/mol. The fourth-order valence-electron chi connectivity index (χ4n) is 2.32. The molecule has 0 radical (unpaired) electrons. The van der Waals surface area contributed by atoms with Crippen LogP contribution in [0, 0.1) is 0 Å². The summed E-state index contributed by atoms with van der Waals surface area (Å²) in [7, 11) is 0. The molecule has 2 N–H and O–H groups in total. The molecule has 0 aliphatic rings. The molecule has 0 heterocycles. The Labute approximate surface area is 169 Å². The summed E-state index contributed by atoms with van der Waals surface area (Å²) in [6.07, 6.45) is 0. The second kappa shape index (κ2) is 9.37. The summed E-state index contributed by atoms with van der Waals surface area (Å²) in [6, 6.07) is 13.9. The van der Waals surface area contributed by atoms with Crippen LogP contribution in [0.15, 0.2) is 48.5 Å². The lowest BCUT2D eigenvalue weighted by molar-refractivity contribution is -0.146. The number of para-hydroxylation sites is 1. The van der Waals surface area contributed by atoms with Gasteiger partial charge in [-0.05, 0) is 35.2 Å². The Morgan fingerprint density at radius 2 is 1.64 bits per heavy atom. The monoisotopic (exact) mass is 402 g/mol.